The highest BCUT2D eigenvalue weighted by molar-refractivity contribution is 6.05. The van der Waals surface area contributed by atoms with Crippen LogP contribution in [0, 0.1) is 0 Å². The molecule has 0 aliphatic rings. The van der Waals surface area contributed by atoms with Crippen LogP contribution in [-0.2, 0) is 6.54 Å². The fraction of sp³-hybridized carbons (Fsp3) is 0.294. The van der Waals surface area contributed by atoms with Gasteiger partial charge in [-0.15, -0.1) is 0 Å². The molecule has 0 radical (unpaired) electrons. The minimum absolute atomic E-state index is 0.949. The van der Waals surface area contributed by atoms with Crippen LogP contribution in [-0.4, -0.2) is 18.0 Å². The van der Waals surface area contributed by atoms with Gasteiger partial charge in [0, 0.05) is 22.9 Å². The van der Waals surface area contributed by atoms with Gasteiger partial charge >= 0.3 is 0 Å². The van der Waals surface area contributed by atoms with Gasteiger partial charge in [0.25, 0.3) is 0 Å². The first kappa shape index (κ1) is 12.2. The van der Waals surface area contributed by atoms with Gasteiger partial charge < -0.3 is 4.42 Å². The molecular weight excluding hydrogens is 234 g/mol. The summed E-state index contributed by atoms with van der Waals surface area (Å²) >= 11 is 0. The van der Waals surface area contributed by atoms with Crippen molar-refractivity contribution in [2.75, 3.05) is 13.1 Å². The van der Waals surface area contributed by atoms with Crippen LogP contribution in [0.2, 0.25) is 0 Å². The summed E-state index contributed by atoms with van der Waals surface area (Å²) in [5.74, 6) is 0. The summed E-state index contributed by atoms with van der Waals surface area (Å²) in [6.45, 7) is 7.47. The van der Waals surface area contributed by atoms with E-state index in [1.54, 1.807) is 0 Å². The third-order valence-corrected chi connectivity index (χ3v) is 3.77. The maximum atomic E-state index is 6.05. The molecule has 0 unspecified atom stereocenters. The SMILES string of the molecule is CCN(CC)Cc1cccc2c1oc1ccccc12. The molecule has 1 heterocycles. The largest absolute Gasteiger partial charge is 0.456 e. The summed E-state index contributed by atoms with van der Waals surface area (Å²) in [6, 6.07) is 14.7. The van der Waals surface area contributed by atoms with Gasteiger partial charge in [-0.1, -0.05) is 50.2 Å². The Hall–Kier alpha value is -1.80. The number of para-hydroxylation sites is 2. The number of rotatable bonds is 4. The Labute approximate surface area is 113 Å². The molecule has 1 aromatic heterocycles. The van der Waals surface area contributed by atoms with Gasteiger partial charge in [-0.25, -0.2) is 0 Å². The maximum absolute atomic E-state index is 6.05. The topological polar surface area (TPSA) is 16.4 Å². The lowest BCUT2D eigenvalue weighted by Crippen LogP contribution is -2.22. The number of benzene rings is 2. The zero-order valence-corrected chi connectivity index (χ0v) is 11.5. The second-order valence-corrected chi connectivity index (χ2v) is 4.85. The molecule has 0 aliphatic heterocycles. The fourth-order valence-corrected chi connectivity index (χ4v) is 2.62. The molecule has 19 heavy (non-hydrogen) atoms. The zero-order valence-electron chi connectivity index (χ0n) is 11.5. The molecule has 0 spiro atoms. The predicted octanol–water partition coefficient (Wildman–Crippen LogP) is 4.43. The molecule has 98 valence electrons. The highest BCUT2D eigenvalue weighted by atomic mass is 16.3. The number of furan rings is 1. The number of hydrogen-bond acceptors (Lipinski definition) is 2. The van der Waals surface area contributed by atoms with Crippen LogP contribution in [0.4, 0.5) is 0 Å². The Morgan fingerprint density at radius 3 is 2.42 bits per heavy atom. The molecule has 0 atom stereocenters. The lowest BCUT2D eigenvalue weighted by atomic mass is 10.1. The third-order valence-electron chi connectivity index (χ3n) is 3.77. The number of nitrogens with zero attached hydrogens (tertiary/aromatic N) is 1. The maximum Gasteiger partial charge on any atom is 0.139 e. The normalized spacial score (nSPS) is 11.7. The Bertz CT molecular complexity index is 695. The van der Waals surface area contributed by atoms with E-state index in [1.807, 2.05) is 12.1 Å². The molecule has 0 saturated heterocycles. The van der Waals surface area contributed by atoms with Gasteiger partial charge in [-0.05, 0) is 19.2 Å². The second kappa shape index (κ2) is 5.06. The monoisotopic (exact) mass is 253 g/mol. The van der Waals surface area contributed by atoms with Crippen molar-refractivity contribution in [2.24, 2.45) is 0 Å². The van der Waals surface area contributed by atoms with Crippen molar-refractivity contribution in [3.63, 3.8) is 0 Å². The molecule has 3 rings (SSSR count). The van der Waals surface area contributed by atoms with Crippen molar-refractivity contribution in [1.29, 1.82) is 0 Å². The van der Waals surface area contributed by atoms with E-state index < -0.39 is 0 Å². The number of hydrogen-bond donors (Lipinski definition) is 0. The summed E-state index contributed by atoms with van der Waals surface area (Å²) in [6.07, 6.45) is 0. The first-order valence-electron chi connectivity index (χ1n) is 6.95. The highest BCUT2D eigenvalue weighted by Gasteiger charge is 2.11. The standard InChI is InChI=1S/C17H19NO/c1-3-18(4-2)12-13-8-7-10-15-14-9-5-6-11-16(14)19-17(13)15/h5-11H,3-4,12H2,1-2H3. The summed E-state index contributed by atoms with van der Waals surface area (Å²) in [4.78, 5) is 2.40. The number of fused-ring (bicyclic) bond motifs is 3. The summed E-state index contributed by atoms with van der Waals surface area (Å²) in [5.41, 5.74) is 3.29. The second-order valence-electron chi connectivity index (χ2n) is 4.85. The van der Waals surface area contributed by atoms with E-state index in [4.69, 9.17) is 4.42 Å². The van der Waals surface area contributed by atoms with Crippen LogP contribution < -0.4 is 0 Å². The van der Waals surface area contributed by atoms with Gasteiger partial charge in [0.05, 0.1) is 0 Å². The first-order chi connectivity index (χ1) is 9.33. The summed E-state index contributed by atoms with van der Waals surface area (Å²) < 4.78 is 6.05. The van der Waals surface area contributed by atoms with Crippen LogP contribution in [0.1, 0.15) is 19.4 Å². The van der Waals surface area contributed by atoms with Crippen molar-refractivity contribution in [3.05, 3.63) is 48.0 Å². The molecule has 3 aromatic rings. The van der Waals surface area contributed by atoms with Crippen LogP contribution in [0.5, 0.6) is 0 Å². The van der Waals surface area contributed by atoms with Crippen molar-refractivity contribution in [2.45, 2.75) is 20.4 Å². The molecular formula is C17H19NO. The molecule has 0 fully saturated rings. The van der Waals surface area contributed by atoms with Gasteiger partial charge in [-0.2, -0.15) is 0 Å². The molecule has 2 nitrogen and oxygen atoms in total. The van der Waals surface area contributed by atoms with E-state index in [1.165, 1.54) is 16.3 Å². The van der Waals surface area contributed by atoms with E-state index >= 15 is 0 Å². The molecule has 0 amide bonds. The van der Waals surface area contributed by atoms with Crippen molar-refractivity contribution in [3.8, 4) is 0 Å². The van der Waals surface area contributed by atoms with Crippen LogP contribution in [0.15, 0.2) is 46.9 Å². The smallest absolute Gasteiger partial charge is 0.139 e. The average Bonchev–Trinajstić information content (AvgIpc) is 2.84. The molecule has 0 saturated carbocycles. The summed E-state index contributed by atoms with van der Waals surface area (Å²) in [7, 11) is 0. The quantitative estimate of drug-likeness (QED) is 0.684. The average molecular weight is 253 g/mol. The summed E-state index contributed by atoms with van der Waals surface area (Å²) in [5, 5.41) is 2.43. The Kier molecular flexibility index (Phi) is 3.26. The van der Waals surface area contributed by atoms with Gasteiger partial charge in [-0.3, -0.25) is 4.90 Å². The lowest BCUT2D eigenvalue weighted by Gasteiger charge is -2.17. The molecule has 0 aliphatic carbocycles. The molecule has 0 N–H and O–H groups in total. The fourth-order valence-electron chi connectivity index (χ4n) is 2.62. The van der Waals surface area contributed by atoms with Crippen LogP contribution >= 0.6 is 0 Å². The van der Waals surface area contributed by atoms with Gasteiger partial charge in [0.2, 0.25) is 0 Å². The first-order valence-corrected chi connectivity index (χ1v) is 6.95. The van der Waals surface area contributed by atoms with Crippen LogP contribution in [0.3, 0.4) is 0 Å². The Balaban J connectivity index is 2.15. The van der Waals surface area contributed by atoms with Crippen LogP contribution in [0.25, 0.3) is 21.9 Å². The Morgan fingerprint density at radius 1 is 0.895 bits per heavy atom. The minimum Gasteiger partial charge on any atom is -0.456 e. The van der Waals surface area contributed by atoms with Crippen molar-refractivity contribution >= 4 is 21.9 Å². The predicted molar refractivity (Wildman–Crippen MR) is 80.3 cm³/mol. The molecule has 2 aromatic carbocycles. The molecule has 0 bridgehead atoms. The zero-order chi connectivity index (χ0) is 13.2. The van der Waals surface area contributed by atoms with Crippen molar-refractivity contribution in [1.82, 2.24) is 4.90 Å². The molecule has 2 heteroatoms. The van der Waals surface area contributed by atoms with E-state index in [9.17, 15) is 0 Å². The van der Waals surface area contributed by atoms with Gasteiger partial charge in [0.1, 0.15) is 11.2 Å². The Morgan fingerprint density at radius 2 is 1.63 bits per heavy atom. The van der Waals surface area contributed by atoms with Crippen molar-refractivity contribution < 1.29 is 4.42 Å². The highest BCUT2D eigenvalue weighted by Crippen LogP contribution is 2.31. The minimum atomic E-state index is 0.949. The van der Waals surface area contributed by atoms with E-state index in [0.717, 1.165) is 30.8 Å². The van der Waals surface area contributed by atoms with Gasteiger partial charge in [0.15, 0.2) is 0 Å². The van der Waals surface area contributed by atoms with E-state index in [0.29, 0.717) is 0 Å². The lowest BCUT2D eigenvalue weighted by molar-refractivity contribution is 0.296. The third kappa shape index (κ3) is 2.13. The van der Waals surface area contributed by atoms with E-state index in [-0.39, 0.29) is 0 Å². The van der Waals surface area contributed by atoms with E-state index in [2.05, 4.69) is 49.1 Å².